The third kappa shape index (κ3) is 10.5. The van der Waals surface area contributed by atoms with Crippen LogP contribution in [0.3, 0.4) is 0 Å². The molecule has 0 aromatic heterocycles. The van der Waals surface area contributed by atoms with Gasteiger partial charge in [-0.05, 0) is 28.2 Å². The van der Waals surface area contributed by atoms with E-state index in [0.717, 1.165) is 78.5 Å². The zero-order chi connectivity index (χ0) is 16.2. The van der Waals surface area contributed by atoms with Gasteiger partial charge in [0.2, 0.25) is 0 Å². The first-order chi connectivity index (χ1) is 10.6. The predicted octanol–water partition coefficient (Wildman–Crippen LogP) is -1.09. The maximum Gasteiger partial charge on any atom is 0.0107 e. The molecule has 1 fully saturated rings. The van der Waals surface area contributed by atoms with Crippen molar-refractivity contribution < 1.29 is 0 Å². The van der Waals surface area contributed by atoms with Crippen LogP contribution in [0.4, 0.5) is 0 Å². The van der Waals surface area contributed by atoms with Crippen molar-refractivity contribution in [3.63, 3.8) is 0 Å². The molecule has 6 nitrogen and oxygen atoms in total. The lowest BCUT2D eigenvalue weighted by Gasteiger charge is -2.24. The van der Waals surface area contributed by atoms with Crippen molar-refractivity contribution in [3.8, 4) is 0 Å². The summed E-state index contributed by atoms with van der Waals surface area (Å²) in [6.45, 7) is 13.4. The van der Waals surface area contributed by atoms with Gasteiger partial charge in [0, 0.05) is 78.5 Å². The normalized spacial score (nSPS) is 25.6. The Kier molecular flexibility index (Phi) is 11.0. The standard InChI is InChI=1S/C16H38N6/c1-19-9-5-17-6-11-21(3)15-16-22(4)12-8-18-7-10-20(2)14-13-19/h17-18H,5-16H2,1-4H3. The van der Waals surface area contributed by atoms with Gasteiger partial charge in [0.25, 0.3) is 0 Å². The lowest BCUT2D eigenvalue weighted by atomic mass is 10.4. The fourth-order valence-electron chi connectivity index (χ4n) is 2.46. The molecule has 1 saturated heterocycles. The van der Waals surface area contributed by atoms with E-state index >= 15 is 0 Å². The van der Waals surface area contributed by atoms with Crippen molar-refractivity contribution in [3.05, 3.63) is 0 Å². The Morgan fingerprint density at radius 3 is 0.864 bits per heavy atom. The minimum atomic E-state index is 1.08. The summed E-state index contributed by atoms with van der Waals surface area (Å²) in [5, 5.41) is 7.10. The molecule has 1 aliphatic rings. The largest absolute Gasteiger partial charge is 0.314 e. The molecule has 0 saturated carbocycles. The van der Waals surface area contributed by atoms with E-state index in [1.807, 2.05) is 0 Å². The Labute approximate surface area is 137 Å². The molecular weight excluding hydrogens is 276 g/mol. The Bertz CT molecular complexity index is 213. The molecule has 0 bridgehead atoms. The summed E-state index contributed by atoms with van der Waals surface area (Å²) in [6.07, 6.45) is 0. The van der Waals surface area contributed by atoms with E-state index in [2.05, 4.69) is 58.4 Å². The topological polar surface area (TPSA) is 37.0 Å². The minimum Gasteiger partial charge on any atom is -0.314 e. The smallest absolute Gasteiger partial charge is 0.0107 e. The molecule has 0 amide bonds. The molecule has 6 heteroatoms. The van der Waals surface area contributed by atoms with Crippen LogP contribution >= 0.6 is 0 Å². The number of rotatable bonds is 0. The minimum absolute atomic E-state index is 1.08. The van der Waals surface area contributed by atoms with Gasteiger partial charge < -0.3 is 30.2 Å². The molecule has 1 rings (SSSR count). The summed E-state index contributed by atoms with van der Waals surface area (Å²) >= 11 is 0. The van der Waals surface area contributed by atoms with Gasteiger partial charge in [0.1, 0.15) is 0 Å². The van der Waals surface area contributed by atoms with Gasteiger partial charge in [-0.25, -0.2) is 0 Å². The van der Waals surface area contributed by atoms with E-state index in [1.54, 1.807) is 0 Å². The highest BCUT2D eigenvalue weighted by Crippen LogP contribution is 1.88. The molecule has 1 heterocycles. The number of likely N-dealkylation sites (N-methyl/N-ethyl adjacent to an activating group) is 4. The van der Waals surface area contributed by atoms with Gasteiger partial charge in [0.15, 0.2) is 0 Å². The summed E-state index contributed by atoms with van der Waals surface area (Å²) in [7, 11) is 8.87. The summed E-state index contributed by atoms with van der Waals surface area (Å²) in [5.41, 5.74) is 0. The van der Waals surface area contributed by atoms with E-state index in [9.17, 15) is 0 Å². The van der Waals surface area contributed by atoms with Crippen molar-refractivity contribution >= 4 is 0 Å². The highest BCUT2D eigenvalue weighted by atomic mass is 15.2. The monoisotopic (exact) mass is 314 g/mol. The third-order valence-electron chi connectivity index (χ3n) is 4.41. The zero-order valence-corrected chi connectivity index (χ0v) is 15.3. The van der Waals surface area contributed by atoms with Crippen LogP contribution in [-0.2, 0) is 0 Å². The van der Waals surface area contributed by atoms with Gasteiger partial charge in [-0.2, -0.15) is 0 Å². The summed E-state index contributed by atoms with van der Waals surface area (Å²) in [6, 6.07) is 0. The molecule has 1 aliphatic heterocycles. The van der Waals surface area contributed by atoms with Gasteiger partial charge in [-0.3, -0.25) is 0 Å². The first kappa shape index (κ1) is 19.8. The van der Waals surface area contributed by atoms with Crippen LogP contribution in [0.1, 0.15) is 0 Å². The fourth-order valence-corrected chi connectivity index (χ4v) is 2.46. The van der Waals surface area contributed by atoms with Crippen molar-refractivity contribution in [2.75, 3.05) is 107 Å². The summed E-state index contributed by atoms with van der Waals surface area (Å²) in [4.78, 5) is 9.66. The highest BCUT2D eigenvalue weighted by molar-refractivity contribution is 4.64. The second-order valence-corrected chi connectivity index (χ2v) is 6.71. The summed E-state index contributed by atoms with van der Waals surface area (Å²) < 4.78 is 0. The molecular formula is C16H38N6. The molecule has 0 spiro atoms. The van der Waals surface area contributed by atoms with Crippen molar-refractivity contribution in [2.45, 2.75) is 0 Å². The van der Waals surface area contributed by atoms with Crippen molar-refractivity contribution in [1.82, 2.24) is 30.2 Å². The number of hydrogen-bond acceptors (Lipinski definition) is 6. The Hall–Kier alpha value is -0.240. The second kappa shape index (κ2) is 12.2. The van der Waals surface area contributed by atoms with Crippen molar-refractivity contribution in [2.24, 2.45) is 0 Å². The van der Waals surface area contributed by atoms with E-state index in [4.69, 9.17) is 0 Å². The molecule has 0 radical (unpaired) electrons. The number of nitrogens with one attached hydrogen (secondary N) is 2. The van der Waals surface area contributed by atoms with Gasteiger partial charge in [-0.15, -0.1) is 0 Å². The Morgan fingerprint density at radius 1 is 0.409 bits per heavy atom. The van der Waals surface area contributed by atoms with Crippen LogP contribution in [0, 0.1) is 0 Å². The molecule has 132 valence electrons. The predicted molar refractivity (Wildman–Crippen MR) is 95.7 cm³/mol. The third-order valence-corrected chi connectivity index (χ3v) is 4.41. The first-order valence-corrected chi connectivity index (χ1v) is 8.73. The summed E-state index contributed by atoms with van der Waals surface area (Å²) in [5.74, 6) is 0. The van der Waals surface area contributed by atoms with E-state index in [0.29, 0.717) is 0 Å². The molecule has 0 aromatic carbocycles. The van der Waals surface area contributed by atoms with Crippen LogP contribution < -0.4 is 10.6 Å². The Balaban J connectivity index is 2.31. The van der Waals surface area contributed by atoms with Crippen LogP contribution in [-0.4, -0.2) is 126 Å². The first-order valence-electron chi connectivity index (χ1n) is 8.73. The molecule has 22 heavy (non-hydrogen) atoms. The average Bonchev–Trinajstić information content (AvgIpc) is 2.49. The molecule has 0 aliphatic carbocycles. The van der Waals surface area contributed by atoms with E-state index in [-0.39, 0.29) is 0 Å². The van der Waals surface area contributed by atoms with E-state index < -0.39 is 0 Å². The maximum absolute atomic E-state index is 3.55. The van der Waals surface area contributed by atoms with Crippen molar-refractivity contribution in [1.29, 1.82) is 0 Å². The molecule has 0 unspecified atom stereocenters. The van der Waals surface area contributed by atoms with Crippen LogP contribution in [0.15, 0.2) is 0 Å². The maximum atomic E-state index is 3.55. The van der Waals surface area contributed by atoms with Gasteiger partial charge in [-0.1, -0.05) is 0 Å². The van der Waals surface area contributed by atoms with Crippen LogP contribution in [0.5, 0.6) is 0 Å². The lowest BCUT2D eigenvalue weighted by Crippen LogP contribution is -2.41. The highest BCUT2D eigenvalue weighted by Gasteiger charge is 2.05. The average molecular weight is 315 g/mol. The lowest BCUT2D eigenvalue weighted by molar-refractivity contribution is 0.239. The zero-order valence-electron chi connectivity index (χ0n) is 15.3. The molecule has 0 aromatic rings. The number of hydrogen-bond donors (Lipinski definition) is 2. The second-order valence-electron chi connectivity index (χ2n) is 6.71. The van der Waals surface area contributed by atoms with Gasteiger partial charge >= 0.3 is 0 Å². The van der Waals surface area contributed by atoms with Gasteiger partial charge in [0.05, 0.1) is 0 Å². The number of nitrogens with zero attached hydrogens (tertiary/aromatic N) is 4. The van der Waals surface area contributed by atoms with Crippen LogP contribution in [0.25, 0.3) is 0 Å². The SMILES string of the molecule is CN1CCNCCN(C)CCN(C)CCNCCN(C)CC1. The quantitative estimate of drug-likeness (QED) is 0.592. The Morgan fingerprint density at radius 2 is 0.636 bits per heavy atom. The molecule has 2 N–H and O–H groups in total. The fraction of sp³-hybridized carbons (Fsp3) is 1.00. The molecule has 0 atom stereocenters. The van der Waals surface area contributed by atoms with E-state index in [1.165, 1.54) is 0 Å². The van der Waals surface area contributed by atoms with Crippen LogP contribution in [0.2, 0.25) is 0 Å².